The highest BCUT2D eigenvalue weighted by Gasteiger charge is 2.24. The van der Waals surface area contributed by atoms with Crippen molar-refractivity contribution in [2.75, 3.05) is 13.8 Å². The standard InChI is InChI=1S/C19H20N2O2/c1-15-12-20(13-16-8-10-18(23-2)11-9-16)14-21(15)19(22)17-6-4-3-5-7-17/h3-12H,13-14H2,1-2H3. The average Bonchev–Trinajstić information content (AvgIpc) is 2.96. The Bertz CT molecular complexity index is 708. The number of benzene rings is 2. The van der Waals surface area contributed by atoms with Crippen LogP contribution in [0, 0.1) is 0 Å². The van der Waals surface area contributed by atoms with Crippen molar-refractivity contribution in [3.05, 3.63) is 77.6 Å². The van der Waals surface area contributed by atoms with Crippen LogP contribution >= 0.6 is 0 Å². The summed E-state index contributed by atoms with van der Waals surface area (Å²) in [6, 6.07) is 17.4. The molecule has 1 aliphatic rings. The fourth-order valence-corrected chi connectivity index (χ4v) is 2.69. The van der Waals surface area contributed by atoms with Crippen molar-refractivity contribution in [2.45, 2.75) is 13.5 Å². The maximum absolute atomic E-state index is 12.6. The lowest BCUT2D eigenvalue weighted by Crippen LogP contribution is -2.31. The van der Waals surface area contributed by atoms with E-state index in [1.54, 1.807) is 12.0 Å². The van der Waals surface area contributed by atoms with Gasteiger partial charge < -0.3 is 9.64 Å². The Morgan fingerprint density at radius 2 is 1.78 bits per heavy atom. The van der Waals surface area contributed by atoms with Crippen LogP contribution in [-0.2, 0) is 6.54 Å². The Balaban J connectivity index is 1.67. The van der Waals surface area contributed by atoms with Crippen molar-refractivity contribution < 1.29 is 9.53 Å². The van der Waals surface area contributed by atoms with Gasteiger partial charge in [0.1, 0.15) is 5.75 Å². The molecule has 1 heterocycles. The maximum Gasteiger partial charge on any atom is 0.259 e. The van der Waals surface area contributed by atoms with Crippen molar-refractivity contribution in [3.8, 4) is 5.75 Å². The van der Waals surface area contributed by atoms with E-state index in [9.17, 15) is 4.79 Å². The van der Waals surface area contributed by atoms with Gasteiger partial charge in [-0.1, -0.05) is 30.3 Å². The van der Waals surface area contributed by atoms with E-state index < -0.39 is 0 Å². The van der Waals surface area contributed by atoms with Crippen LogP contribution in [0.4, 0.5) is 0 Å². The minimum absolute atomic E-state index is 0.0385. The van der Waals surface area contributed by atoms with Gasteiger partial charge in [0, 0.05) is 24.0 Å². The normalized spacial score (nSPS) is 13.9. The van der Waals surface area contributed by atoms with Crippen molar-refractivity contribution in [2.24, 2.45) is 0 Å². The van der Waals surface area contributed by atoms with Crippen LogP contribution < -0.4 is 4.74 Å². The number of rotatable bonds is 4. The number of hydrogen-bond donors (Lipinski definition) is 0. The maximum atomic E-state index is 12.6. The van der Waals surface area contributed by atoms with E-state index in [1.807, 2.05) is 67.7 Å². The van der Waals surface area contributed by atoms with Gasteiger partial charge in [-0.15, -0.1) is 0 Å². The van der Waals surface area contributed by atoms with Crippen LogP contribution in [0.15, 0.2) is 66.5 Å². The molecule has 0 bridgehead atoms. The number of nitrogens with zero attached hydrogens (tertiary/aromatic N) is 2. The first-order valence-corrected chi connectivity index (χ1v) is 7.59. The van der Waals surface area contributed by atoms with E-state index in [2.05, 4.69) is 4.90 Å². The quantitative estimate of drug-likeness (QED) is 0.867. The van der Waals surface area contributed by atoms with Crippen molar-refractivity contribution in [3.63, 3.8) is 0 Å². The summed E-state index contributed by atoms with van der Waals surface area (Å²) in [4.78, 5) is 16.5. The molecule has 0 radical (unpaired) electrons. The first-order chi connectivity index (χ1) is 11.2. The second-order valence-corrected chi connectivity index (χ2v) is 5.61. The predicted molar refractivity (Wildman–Crippen MR) is 89.8 cm³/mol. The fraction of sp³-hybridized carbons (Fsp3) is 0.211. The van der Waals surface area contributed by atoms with E-state index in [4.69, 9.17) is 4.74 Å². The third-order valence-corrected chi connectivity index (χ3v) is 3.93. The third kappa shape index (κ3) is 3.37. The van der Waals surface area contributed by atoms with Crippen LogP contribution in [0.2, 0.25) is 0 Å². The minimum atomic E-state index is 0.0385. The highest BCUT2D eigenvalue weighted by Crippen LogP contribution is 2.21. The first-order valence-electron chi connectivity index (χ1n) is 7.59. The van der Waals surface area contributed by atoms with Crippen LogP contribution in [0.25, 0.3) is 0 Å². The second-order valence-electron chi connectivity index (χ2n) is 5.61. The Kier molecular flexibility index (Phi) is 4.33. The lowest BCUT2D eigenvalue weighted by atomic mass is 10.2. The molecule has 0 saturated carbocycles. The molecule has 23 heavy (non-hydrogen) atoms. The summed E-state index contributed by atoms with van der Waals surface area (Å²) in [6.07, 6.45) is 2.03. The molecule has 0 fully saturated rings. The van der Waals surface area contributed by atoms with Crippen molar-refractivity contribution >= 4 is 5.91 Å². The SMILES string of the molecule is COc1ccc(CN2C=C(C)N(C(=O)c3ccccc3)C2)cc1. The number of carbonyl (C=O) groups is 1. The van der Waals surface area contributed by atoms with Gasteiger partial charge in [0.15, 0.2) is 0 Å². The van der Waals surface area contributed by atoms with Gasteiger partial charge in [0.2, 0.25) is 0 Å². The summed E-state index contributed by atoms with van der Waals surface area (Å²) in [5.41, 5.74) is 2.86. The van der Waals surface area contributed by atoms with Gasteiger partial charge in [0.05, 0.1) is 13.8 Å². The zero-order valence-electron chi connectivity index (χ0n) is 13.4. The van der Waals surface area contributed by atoms with E-state index in [-0.39, 0.29) is 5.91 Å². The minimum Gasteiger partial charge on any atom is -0.497 e. The van der Waals surface area contributed by atoms with Crippen LogP contribution in [0.5, 0.6) is 5.75 Å². The molecule has 1 aliphatic heterocycles. The number of amides is 1. The van der Waals surface area contributed by atoms with E-state index in [1.165, 1.54) is 5.56 Å². The molecule has 0 spiro atoms. The summed E-state index contributed by atoms with van der Waals surface area (Å²) in [5.74, 6) is 0.888. The molecule has 0 atom stereocenters. The highest BCUT2D eigenvalue weighted by molar-refractivity contribution is 5.95. The third-order valence-electron chi connectivity index (χ3n) is 3.93. The van der Waals surface area contributed by atoms with Gasteiger partial charge >= 0.3 is 0 Å². The van der Waals surface area contributed by atoms with Gasteiger partial charge in [-0.3, -0.25) is 9.69 Å². The molecule has 2 aromatic carbocycles. The number of carbonyl (C=O) groups excluding carboxylic acids is 1. The molecular weight excluding hydrogens is 288 g/mol. The number of methoxy groups -OCH3 is 1. The van der Waals surface area contributed by atoms with Gasteiger partial charge in [-0.25, -0.2) is 0 Å². The highest BCUT2D eigenvalue weighted by atomic mass is 16.5. The molecule has 118 valence electrons. The summed E-state index contributed by atoms with van der Waals surface area (Å²) in [7, 11) is 1.66. The monoisotopic (exact) mass is 308 g/mol. The van der Waals surface area contributed by atoms with Crippen molar-refractivity contribution in [1.29, 1.82) is 0 Å². The predicted octanol–water partition coefficient (Wildman–Crippen LogP) is 3.47. The van der Waals surface area contributed by atoms with Gasteiger partial charge in [-0.2, -0.15) is 0 Å². The zero-order chi connectivity index (χ0) is 16.2. The van der Waals surface area contributed by atoms with Gasteiger partial charge in [0.25, 0.3) is 5.91 Å². The average molecular weight is 308 g/mol. The molecule has 0 N–H and O–H groups in total. The van der Waals surface area contributed by atoms with Gasteiger partial charge in [-0.05, 0) is 36.8 Å². The molecular formula is C19H20N2O2. The molecule has 4 nitrogen and oxygen atoms in total. The Morgan fingerprint density at radius 1 is 1.09 bits per heavy atom. The summed E-state index contributed by atoms with van der Waals surface area (Å²) in [6.45, 7) is 3.31. The Labute approximate surface area is 136 Å². The molecule has 0 unspecified atom stereocenters. The molecule has 4 heteroatoms. The number of ether oxygens (including phenoxy) is 1. The largest absolute Gasteiger partial charge is 0.497 e. The molecule has 1 amide bonds. The smallest absolute Gasteiger partial charge is 0.259 e. The molecule has 3 rings (SSSR count). The lowest BCUT2D eigenvalue weighted by Gasteiger charge is -2.21. The Hall–Kier alpha value is -2.75. The van der Waals surface area contributed by atoms with Crippen molar-refractivity contribution in [1.82, 2.24) is 9.80 Å². The lowest BCUT2D eigenvalue weighted by molar-refractivity contribution is 0.0778. The summed E-state index contributed by atoms with van der Waals surface area (Å²) < 4.78 is 5.18. The van der Waals surface area contributed by atoms with Crippen LogP contribution in [-0.4, -0.2) is 29.5 Å². The summed E-state index contributed by atoms with van der Waals surface area (Å²) in [5, 5.41) is 0. The Morgan fingerprint density at radius 3 is 2.43 bits per heavy atom. The fourth-order valence-electron chi connectivity index (χ4n) is 2.69. The molecule has 0 saturated heterocycles. The number of allylic oxidation sites excluding steroid dienone is 1. The van der Waals surface area contributed by atoms with Crippen LogP contribution in [0.1, 0.15) is 22.8 Å². The van der Waals surface area contributed by atoms with E-state index in [0.29, 0.717) is 12.2 Å². The van der Waals surface area contributed by atoms with E-state index >= 15 is 0 Å². The molecule has 0 aliphatic carbocycles. The van der Waals surface area contributed by atoms with E-state index in [0.717, 1.165) is 18.0 Å². The summed E-state index contributed by atoms with van der Waals surface area (Å²) >= 11 is 0. The topological polar surface area (TPSA) is 32.8 Å². The molecule has 2 aromatic rings. The number of hydrogen-bond acceptors (Lipinski definition) is 3. The first kappa shape index (κ1) is 15.2. The van der Waals surface area contributed by atoms with Crippen LogP contribution in [0.3, 0.4) is 0 Å². The zero-order valence-corrected chi connectivity index (χ0v) is 13.4. The second kappa shape index (κ2) is 6.57. The molecule has 0 aromatic heterocycles.